The Labute approximate surface area is 148 Å². The van der Waals surface area contributed by atoms with Gasteiger partial charge in [0.15, 0.2) is 11.6 Å². The number of hydrogen-bond acceptors (Lipinski definition) is 3. The molecule has 0 spiro atoms. The lowest BCUT2D eigenvalue weighted by molar-refractivity contribution is -0.116. The molecule has 0 bridgehead atoms. The van der Waals surface area contributed by atoms with E-state index in [-0.39, 0.29) is 12.3 Å². The van der Waals surface area contributed by atoms with E-state index in [9.17, 15) is 13.6 Å². The third-order valence-corrected chi connectivity index (χ3v) is 4.47. The smallest absolute Gasteiger partial charge is 0.226 e. The molecule has 1 N–H and O–H groups in total. The number of carbonyl (C=O) groups is 1. The second-order valence-corrected chi connectivity index (χ2v) is 6.02. The summed E-state index contributed by atoms with van der Waals surface area (Å²) in [5, 5.41) is 2.82. The molecule has 1 aliphatic heterocycles. The molecule has 132 valence electrons. The van der Waals surface area contributed by atoms with Gasteiger partial charge >= 0.3 is 0 Å². The van der Waals surface area contributed by atoms with E-state index in [4.69, 9.17) is 4.74 Å². The lowest BCUT2D eigenvalue weighted by Gasteiger charge is -2.23. The largest absolute Gasteiger partial charge is 0.497 e. The van der Waals surface area contributed by atoms with E-state index in [2.05, 4.69) is 10.3 Å². The number of amides is 1. The highest BCUT2D eigenvalue weighted by Gasteiger charge is 2.31. The first-order valence-electron chi connectivity index (χ1n) is 8.03. The highest BCUT2D eigenvalue weighted by atomic mass is 19.2. The fourth-order valence-corrected chi connectivity index (χ4v) is 3.15. The Kier molecular flexibility index (Phi) is 3.91. The second-order valence-electron chi connectivity index (χ2n) is 6.02. The molecule has 0 aliphatic carbocycles. The van der Waals surface area contributed by atoms with E-state index in [1.807, 2.05) is 12.1 Å². The van der Waals surface area contributed by atoms with Crippen LogP contribution in [-0.2, 0) is 4.79 Å². The van der Waals surface area contributed by atoms with Crippen molar-refractivity contribution in [3.63, 3.8) is 0 Å². The molecule has 5 nitrogen and oxygen atoms in total. The number of imidazole rings is 1. The van der Waals surface area contributed by atoms with Crippen LogP contribution in [0, 0.1) is 11.6 Å². The van der Waals surface area contributed by atoms with Gasteiger partial charge in [-0.05, 0) is 42.0 Å². The minimum Gasteiger partial charge on any atom is -0.497 e. The molecule has 0 unspecified atom stereocenters. The number of rotatable bonds is 3. The van der Waals surface area contributed by atoms with Gasteiger partial charge in [-0.2, -0.15) is 0 Å². The van der Waals surface area contributed by atoms with E-state index < -0.39 is 17.6 Å². The van der Waals surface area contributed by atoms with Gasteiger partial charge in [0.1, 0.15) is 17.9 Å². The fraction of sp³-hybridized carbons (Fsp3) is 0.158. The molecule has 4 rings (SSSR count). The number of halogens is 2. The van der Waals surface area contributed by atoms with Gasteiger partial charge in [0.25, 0.3) is 0 Å². The third kappa shape index (κ3) is 2.71. The quantitative estimate of drug-likeness (QED) is 0.781. The molecule has 2 aromatic carbocycles. The molecule has 26 heavy (non-hydrogen) atoms. The van der Waals surface area contributed by atoms with Gasteiger partial charge in [0, 0.05) is 18.0 Å². The first kappa shape index (κ1) is 16.3. The van der Waals surface area contributed by atoms with Crippen LogP contribution >= 0.6 is 0 Å². The van der Waals surface area contributed by atoms with Crippen molar-refractivity contribution in [1.29, 1.82) is 0 Å². The molecule has 2 heterocycles. The summed E-state index contributed by atoms with van der Waals surface area (Å²) in [4.78, 5) is 16.6. The molecule has 7 heteroatoms. The summed E-state index contributed by atoms with van der Waals surface area (Å²) in [6, 6.07) is 11.0. The van der Waals surface area contributed by atoms with E-state index in [0.717, 1.165) is 17.8 Å². The van der Waals surface area contributed by atoms with Crippen LogP contribution in [0.5, 0.6) is 5.75 Å². The highest BCUT2D eigenvalue weighted by Crippen LogP contribution is 2.37. The van der Waals surface area contributed by atoms with E-state index in [1.165, 1.54) is 6.07 Å². The number of ether oxygens (including phenoxy) is 1. The van der Waals surface area contributed by atoms with Crippen molar-refractivity contribution < 1.29 is 18.3 Å². The van der Waals surface area contributed by atoms with Crippen LogP contribution < -0.4 is 10.1 Å². The second kappa shape index (κ2) is 6.25. The summed E-state index contributed by atoms with van der Waals surface area (Å²) < 4.78 is 33.8. The van der Waals surface area contributed by atoms with Crippen LogP contribution in [0.3, 0.4) is 0 Å². The van der Waals surface area contributed by atoms with Gasteiger partial charge < -0.3 is 10.1 Å². The third-order valence-electron chi connectivity index (χ3n) is 4.47. The zero-order chi connectivity index (χ0) is 18.3. The summed E-state index contributed by atoms with van der Waals surface area (Å²) >= 11 is 0. The zero-order valence-corrected chi connectivity index (χ0v) is 13.9. The van der Waals surface area contributed by atoms with Crippen LogP contribution in [0.1, 0.15) is 23.6 Å². The van der Waals surface area contributed by atoms with E-state index >= 15 is 0 Å². The number of fused-ring (bicyclic) bond motifs is 1. The van der Waals surface area contributed by atoms with Gasteiger partial charge in [0.2, 0.25) is 5.91 Å². The number of nitrogens with one attached hydrogen (secondary N) is 1. The van der Waals surface area contributed by atoms with Crippen molar-refractivity contribution in [1.82, 2.24) is 9.55 Å². The molecule has 3 aromatic rings. The number of benzene rings is 2. The molecule has 0 saturated heterocycles. The predicted molar refractivity (Wildman–Crippen MR) is 91.6 cm³/mol. The Morgan fingerprint density at radius 1 is 1.15 bits per heavy atom. The maximum atomic E-state index is 13.6. The summed E-state index contributed by atoms with van der Waals surface area (Å²) in [5.74, 6) is -1.26. The number of methoxy groups -OCH3 is 1. The van der Waals surface area contributed by atoms with Gasteiger partial charge in [-0.3, -0.25) is 9.36 Å². The van der Waals surface area contributed by atoms with Crippen molar-refractivity contribution in [3.8, 4) is 11.4 Å². The Bertz CT molecular complexity index is 983. The van der Waals surface area contributed by atoms with Crippen molar-refractivity contribution in [2.24, 2.45) is 0 Å². The standard InChI is InChI=1S/C19H15F2N3O2/c1-26-13-5-3-12(4-6-13)24-10-22-18-14(9-17(25)23-19(18)24)11-2-7-15(20)16(21)8-11/h2-8,10,14H,9H2,1H3,(H,23,25)/t14-/m0/s1. The highest BCUT2D eigenvalue weighted by molar-refractivity contribution is 5.94. The van der Waals surface area contributed by atoms with Crippen molar-refractivity contribution >= 4 is 11.7 Å². The molecule has 0 saturated carbocycles. The summed E-state index contributed by atoms with van der Waals surface area (Å²) in [5.41, 5.74) is 1.93. The van der Waals surface area contributed by atoms with Gasteiger partial charge in [-0.25, -0.2) is 13.8 Å². The van der Waals surface area contributed by atoms with Crippen LogP contribution in [0.15, 0.2) is 48.8 Å². The Morgan fingerprint density at radius 2 is 1.92 bits per heavy atom. The van der Waals surface area contributed by atoms with Crippen LogP contribution in [0.25, 0.3) is 5.69 Å². The minimum absolute atomic E-state index is 0.123. The molecular formula is C19H15F2N3O2. The number of anilines is 1. The van der Waals surface area contributed by atoms with Crippen LogP contribution in [-0.4, -0.2) is 22.6 Å². The SMILES string of the molecule is COc1ccc(-n2cnc3c2NC(=O)C[C@H]3c2ccc(F)c(F)c2)cc1. The number of hydrogen-bond donors (Lipinski definition) is 1. The number of nitrogens with zero attached hydrogens (tertiary/aromatic N) is 2. The number of carbonyl (C=O) groups excluding carboxylic acids is 1. The molecule has 0 fully saturated rings. The average Bonchev–Trinajstić information content (AvgIpc) is 3.07. The maximum absolute atomic E-state index is 13.6. The average molecular weight is 355 g/mol. The Morgan fingerprint density at radius 3 is 2.62 bits per heavy atom. The summed E-state index contributed by atoms with van der Waals surface area (Å²) in [6.07, 6.45) is 1.72. The van der Waals surface area contributed by atoms with Gasteiger partial charge in [0.05, 0.1) is 12.8 Å². The lowest BCUT2D eigenvalue weighted by atomic mass is 9.89. The zero-order valence-electron chi connectivity index (χ0n) is 13.9. The van der Waals surface area contributed by atoms with Crippen molar-refractivity contribution in [2.75, 3.05) is 12.4 Å². The van der Waals surface area contributed by atoms with Gasteiger partial charge in [-0.1, -0.05) is 6.07 Å². The first-order chi connectivity index (χ1) is 12.6. The molecule has 1 amide bonds. The van der Waals surface area contributed by atoms with E-state index in [0.29, 0.717) is 22.8 Å². The molecule has 1 aromatic heterocycles. The first-order valence-corrected chi connectivity index (χ1v) is 8.03. The van der Waals surface area contributed by atoms with Crippen molar-refractivity contribution in [3.05, 3.63) is 71.7 Å². The Hall–Kier alpha value is -3.22. The maximum Gasteiger partial charge on any atom is 0.226 e. The summed E-state index contributed by atoms with van der Waals surface area (Å²) in [7, 11) is 1.58. The normalized spacial score (nSPS) is 16.1. The van der Waals surface area contributed by atoms with Gasteiger partial charge in [-0.15, -0.1) is 0 Å². The molecule has 0 radical (unpaired) electrons. The minimum atomic E-state index is -0.940. The topological polar surface area (TPSA) is 56.1 Å². The van der Waals surface area contributed by atoms with E-state index in [1.54, 1.807) is 30.1 Å². The molecule has 1 aliphatic rings. The Balaban J connectivity index is 1.78. The van der Waals surface area contributed by atoms with Crippen LogP contribution in [0.4, 0.5) is 14.6 Å². The monoisotopic (exact) mass is 355 g/mol. The number of aromatic nitrogens is 2. The molecule has 1 atom stereocenters. The lowest BCUT2D eigenvalue weighted by Crippen LogP contribution is -2.25. The summed E-state index contributed by atoms with van der Waals surface area (Å²) in [6.45, 7) is 0. The molecular weight excluding hydrogens is 340 g/mol. The van der Waals surface area contributed by atoms with Crippen molar-refractivity contribution in [2.45, 2.75) is 12.3 Å². The predicted octanol–water partition coefficient (Wildman–Crippen LogP) is 3.63. The fourth-order valence-electron chi connectivity index (χ4n) is 3.15. The van der Waals surface area contributed by atoms with Crippen LogP contribution in [0.2, 0.25) is 0 Å².